The molecule has 1 heterocycles. The first-order valence-electron chi connectivity index (χ1n) is 13.5. The maximum absolute atomic E-state index is 13.4. The molecule has 0 spiro atoms. The first-order valence-corrected chi connectivity index (χ1v) is 13.5. The number of hydrogen-bond donors (Lipinski definition) is 4. The van der Waals surface area contributed by atoms with Crippen molar-refractivity contribution >= 4 is 84.6 Å². The van der Waals surface area contributed by atoms with Gasteiger partial charge in [0.15, 0.2) is 5.78 Å². The lowest BCUT2D eigenvalue weighted by Crippen LogP contribution is -2.52. The predicted molar refractivity (Wildman–Crippen MR) is 189 cm³/mol. The highest BCUT2D eigenvalue weighted by atomic mass is 35.5. The molecule has 3 rings (SSSR count). The Balaban J connectivity index is -0.00000320. The Hall–Kier alpha value is -1.72. The second-order valence-electron chi connectivity index (χ2n) is 10.4. The van der Waals surface area contributed by atoms with Crippen LogP contribution in [-0.4, -0.2) is 73.0 Å². The Bertz CT molecular complexity index is 1190. The Labute approximate surface area is 286 Å². The first-order chi connectivity index (χ1) is 18.3. The van der Waals surface area contributed by atoms with Crippen molar-refractivity contribution in [3.8, 4) is 0 Å². The SMILES string of the molecule is C[N+](CCN)(CCN)CCC[C@H](N)C(=O)N[C@H](CCc1ccccc1)C(=O)Cc1cnc2ccccc2c1.Cl.Cl.Cl.Cl.Cl. The van der Waals surface area contributed by atoms with E-state index >= 15 is 0 Å². The highest BCUT2D eigenvalue weighted by molar-refractivity contribution is 5.92. The van der Waals surface area contributed by atoms with E-state index in [0.717, 1.165) is 52.6 Å². The Morgan fingerprint density at radius 3 is 2.07 bits per heavy atom. The summed E-state index contributed by atoms with van der Waals surface area (Å²) >= 11 is 0. The number of carbonyl (C=O) groups is 2. The van der Waals surface area contributed by atoms with E-state index in [1.54, 1.807) is 6.20 Å². The van der Waals surface area contributed by atoms with E-state index < -0.39 is 12.1 Å². The van der Waals surface area contributed by atoms with Crippen molar-refractivity contribution < 1.29 is 14.1 Å². The first kappa shape index (κ1) is 45.7. The number of hydrogen-bond acceptors (Lipinski definition) is 6. The van der Waals surface area contributed by atoms with Gasteiger partial charge in [0.25, 0.3) is 0 Å². The fourth-order valence-corrected chi connectivity index (χ4v) is 4.87. The quantitative estimate of drug-likeness (QED) is 0.167. The summed E-state index contributed by atoms with van der Waals surface area (Å²) < 4.78 is 0.763. The molecule has 2 aromatic carbocycles. The van der Waals surface area contributed by atoms with E-state index in [9.17, 15) is 9.59 Å². The number of Topliss-reactive ketones (excluding diaryl/α,β-unsaturated/α-hetero) is 1. The number of aryl methyl sites for hydroxylation is 1. The number of rotatable bonds is 16. The average molecular weight is 702 g/mol. The lowest BCUT2D eigenvalue weighted by molar-refractivity contribution is -0.907. The number of amides is 1. The molecule has 0 bridgehead atoms. The molecule has 0 aliphatic heterocycles. The molecule has 0 unspecified atom stereocenters. The zero-order chi connectivity index (χ0) is 27.4. The largest absolute Gasteiger partial charge is 0.345 e. The number of nitrogens with one attached hydrogen (secondary N) is 1. The van der Waals surface area contributed by atoms with Crippen LogP contribution < -0.4 is 22.5 Å². The Morgan fingerprint density at radius 1 is 0.837 bits per heavy atom. The molecule has 2 atom stereocenters. The summed E-state index contributed by atoms with van der Waals surface area (Å²) in [5.41, 5.74) is 20.7. The summed E-state index contributed by atoms with van der Waals surface area (Å²) in [6.45, 7) is 3.68. The monoisotopic (exact) mass is 699 g/mol. The number of para-hydroxylation sites is 1. The van der Waals surface area contributed by atoms with Gasteiger partial charge in [0.05, 0.1) is 44.3 Å². The molecule has 0 saturated heterocycles. The summed E-state index contributed by atoms with van der Waals surface area (Å²) in [5, 5.41) is 3.95. The lowest BCUT2D eigenvalue weighted by Gasteiger charge is -2.34. The van der Waals surface area contributed by atoms with E-state index in [1.807, 2.05) is 60.7 Å². The summed E-state index contributed by atoms with van der Waals surface area (Å²) in [4.78, 5) is 30.9. The van der Waals surface area contributed by atoms with Crippen LogP contribution in [0.1, 0.15) is 30.4 Å². The van der Waals surface area contributed by atoms with Gasteiger partial charge in [-0.25, -0.2) is 0 Å². The van der Waals surface area contributed by atoms with Crippen LogP contribution in [0.4, 0.5) is 0 Å². The third-order valence-electron chi connectivity index (χ3n) is 7.18. The van der Waals surface area contributed by atoms with E-state index in [4.69, 9.17) is 17.2 Å². The number of fused-ring (bicyclic) bond motifs is 1. The number of carbonyl (C=O) groups excluding carboxylic acids is 2. The molecular formula is C30H48Cl5N6O2+. The molecule has 43 heavy (non-hydrogen) atoms. The maximum Gasteiger partial charge on any atom is 0.237 e. The lowest BCUT2D eigenvalue weighted by atomic mass is 9.97. The number of nitrogens with zero attached hydrogens (tertiary/aromatic N) is 2. The highest BCUT2D eigenvalue weighted by Crippen LogP contribution is 2.15. The minimum Gasteiger partial charge on any atom is -0.345 e. The van der Waals surface area contributed by atoms with Crippen LogP contribution in [0.2, 0.25) is 0 Å². The van der Waals surface area contributed by atoms with Gasteiger partial charge in [-0.1, -0.05) is 48.5 Å². The van der Waals surface area contributed by atoms with Crippen molar-refractivity contribution in [1.29, 1.82) is 0 Å². The van der Waals surface area contributed by atoms with Crippen LogP contribution in [0.3, 0.4) is 0 Å². The smallest absolute Gasteiger partial charge is 0.237 e. The fourth-order valence-electron chi connectivity index (χ4n) is 4.87. The molecule has 0 fully saturated rings. The van der Waals surface area contributed by atoms with Crippen LogP contribution in [0.15, 0.2) is 66.9 Å². The van der Waals surface area contributed by atoms with E-state index in [2.05, 4.69) is 17.3 Å². The summed E-state index contributed by atoms with van der Waals surface area (Å²) in [6.07, 6.45) is 4.42. The zero-order valence-corrected chi connectivity index (χ0v) is 28.6. The van der Waals surface area contributed by atoms with Gasteiger partial charge < -0.3 is 27.0 Å². The van der Waals surface area contributed by atoms with Crippen LogP contribution in [0.5, 0.6) is 0 Å². The zero-order valence-electron chi connectivity index (χ0n) is 24.6. The molecule has 13 heteroatoms. The van der Waals surface area contributed by atoms with Crippen LogP contribution in [0, 0.1) is 0 Å². The van der Waals surface area contributed by atoms with Crippen molar-refractivity contribution in [2.24, 2.45) is 17.2 Å². The standard InChI is InChI=1S/C30H42N6O2.5ClH/c1-36(18-15-31,19-16-32)17-7-11-26(33)30(38)35-28(14-13-23-8-3-2-4-9-23)29(37)21-24-20-25-10-5-6-12-27(25)34-22-24;;;;;/h2-6,8-10,12,20,22,26,28H,7,11,13-19,21,31-33H2,1H3;5*1H/p+1/t26-,28+;;;;;/m0...../s1. The minimum atomic E-state index is -0.687. The topological polar surface area (TPSA) is 137 Å². The summed E-state index contributed by atoms with van der Waals surface area (Å²) in [6, 6.07) is 18.5. The van der Waals surface area contributed by atoms with Gasteiger partial charge >= 0.3 is 0 Å². The van der Waals surface area contributed by atoms with Gasteiger partial charge in [0, 0.05) is 31.1 Å². The third-order valence-corrected chi connectivity index (χ3v) is 7.18. The molecule has 0 saturated carbocycles. The average Bonchev–Trinajstić information content (AvgIpc) is 2.91. The van der Waals surface area contributed by atoms with Gasteiger partial charge in [0.1, 0.15) is 0 Å². The molecule has 7 N–H and O–H groups in total. The summed E-state index contributed by atoms with van der Waals surface area (Å²) in [7, 11) is 2.13. The molecule has 0 radical (unpaired) electrons. The molecule has 244 valence electrons. The number of benzene rings is 2. The van der Waals surface area contributed by atoms with E-state index in [1.165, 1.54) is 0 Å². The maximum atomic E-state index is 13.4. The van der Waals surface area contributed by atoms with Gasteiger partial charge in [-0.15, -0.1) is 62.0 Å². The molecule has 8 nitrogen and oxygen atoms in total. The molecule has 1 amide bonds. The number of pyridine rings is 1. The number of aromatic nitrogens is 1. The number of ketones is 1. The van der Waals surface area contributed by atoms with Crippen molar-refractivity contribution in [1.82, 2.24) is 10.3 Å². The van der Waals surface area contributed by atoms with Crippen LogP contribution in [0.25, 0.3) is 10.9 Å². The third kappa shape index (κ3) is 15.2. The van der Waals surface area contributed by atoms with Crippen LogP contribution in [-0.2, 0) is 22.4 Å². The number of likely N-dealkylation sites (N-methyl/N-ethyl adjacent to an activating group) is 1. The van der Waals surface area contributed by atoms with Crippen molar-refractivity contribution in [2.45, 2.75) is 44.2 Å². The number of quaternary nitrogens is 1. The Morgan fingerprint density at radius 2 is 1.44 bits per heavy atom. The number of nitrogens with two attached hydrogens (primary N) is 3. The highest BCUT2D eigenvalue weighted by Gasteiger charge is 2.25. The van der Waals surface area contributed by atoms with E-state index in [-0.39, 0.29) is 80.1 Å². The summed E-state index contributed by atoms with van der Waals surface area (Å²) in [5.74, 6) is -0.339. The predicted octanol–water partition coefficient (Wildman–Crippen LogP) is 4.04. The van der Waals surface area contributed by atoms with Crippen molar-refractivity contribution in [2.75, 3.05) is 39.8 Å². The Kier molecular flexibility index (Phi) is 25.1. The van der Waals surface area contributed by atoms with Gasteiger partial charge in [-0.05, 0) is 48.9 Å². The molecular weight excluding hydrogens is 654 g/mol. The fraction of sp³-hybridized carbons (Fsp3) is 0.433. The van der Waals surface area contributed by atoms with Crippen LogP contribution >= 0.6 is 62.0 Å². The normalized spacial score (nSPS) is 11.7. The van der Waals surface area contributed by atoms with Gasteiger partial charge in [0.2, 0.25) is 5.91 Å². The van der Waals surface area contributed by atoms with Gasteiger partial charge in [-0.3, -0.25) is 14.6 Å². The minimum absolute atomic E-state index is 0. The number of halogens is 5. The van der Waals surface area contributed by atoms with E-state index in [0.29, 0.717) is 32.4 Å². The van der Waals surface area contributed by atoms with Crippen molar-refractivity contribution in [3.05, 3.63) is 78.0 Å². The molecule has 0 aliphatic rings. The molecule has 1 aromatic heterocycles. The second kappa shape index (κ2) is 23.6. The van der Waals surface area contributed by atoms with Crippen molar-refractivity contribution in [3.63, 3.8) is 0 Å². The molecule has 0 aliphatic carbocycles. The van der Waals surface area contributed by atoms with Gasteiger partial charge in [-0.2, -0.15) is 0 Å². The molecule has 3 aromatic rings. The second-order valence-corrected chi connectivity index (χ2v) is 10.4.